The second kappa shape index (κ2) is 8.10. The van der Waals surface area contributed by atoms with Gasteiger partial charge in [0.15, 0.2) is 11.5 Å². The number of carbonyl (C=O) groups excluding carboxylic acids is 1. The Kier molecular flexibility index (Phi) is 7.23. The maximum Gasteiger partial charge on any atom is 0.160 e. The Bertz CT molecular complexity index is 235. The van der Waals surface area contributed by atoms with Gasteiger partial charge >= 0.3 is 0 Å². The molecule has 0 heterocycles. The Balaban J connectivity index is 0.000000364. The highest BCUT2D eigenvalue weighted by Gasteiger charge is 1.97. The van der Waals surface area contributed by atoms with E-state index in [1.165, 1.54) is 0 Å². The van der Waals surface area contributed by atoms with Gasteiger partial charge in [-0.1, -0.05) is 19.1 Å². The molecule has 1 aromatic rings. The smallest absolute Gasteiger partial charge is 0.160 e. The Hall–Kier alpha value is -1.51. The fraction of sp³-hybridized carbons (Fsp3) is 0.364. The second-order valence-electron chi connectivity index (χ2n) is 2.43. The van der Waals surface area contributed by atoms with E-state index in [0.717, 1.165) is 17.8 Å². The van der Waals surface area contributed by atoms with Crippen molar-refractivity contribution in [1.29, 1.82) is 0 Å². The van der Waals surface area contributed by atoms with Crippen LogP contribution in [-0.2, 0) is 4.79 Å². The lowest BCUT2D eigenvalue weighted by atomic mass is 10.3. The third-order valence-corrected chi connectivity index (χ3v) is 1.46. The summed E-state index contributed by atoms with van der Waals surface area (Å²) in [4.78, 5) is 9.17. The summed E-state index contributed by atoms with van der Waals surface area (Å²) in [5.41, 5.74) is 0. The Morgan fingerprint density at radius 3 is 1.71 bits per heavy atom. The largest absolute Gasteiger partial charge is 0.493 e. The fourth-order valence-electron chi connectivity index (χ4n) is 0.787. The molecule has 0 aliphatic carbocycles. The summed E-state index contributed by atoms with van der Waals surface area (Å²) in [7, 11) is 3.25. The summed E-state index contributed by atoms with van der Waals surface area (Å²) in [6, 6.07) is 7.53. The van der Waals surface area contributed by atoms with Gasteiger partial charge in [0.25, 0.3) is 0 Å². The van der Waals surface area contributed by atoms with Crippen molar-refractivity contribution < 1.29 is 14.3 Å². The number of methoxy groups -OCH3 is 2. The molecule has 0 bridgehead atoms. The van der Waals surface area contributed by atoms with Gasteiger partial charge < -0.3 is 14.3 Å². The molecule has 0 amide bonds. The summed E-state index contributed by atoms with van der Waals surface area (Å²) in [6.45, 7) is 1.81. The highest BCUT2D eigenvalue weighted by Crippen LogP contribution is 2.24. The molecule has 14 heavy (non-hydrogen) atoms. The molecule has 0 saturated carbocycles. The number of ether oxygens (including phenoxy) is 2. The summed E-state index contributed by atoms with van der Waals surface area (Å²) in [5, 5.41) is 0. The van der Waals surface area contributed by atoms with Crippen molar-refractivity contribution >= 4 is 6.29 Å². The van der Waals surface area contributed by atoms with Crippen LogP contribution in [0.2, 0.25) is 0 Å². The van der Waals surface area contributed by atoms with Crippen LogP contribution < -0.4 is 9.47 Å². The Morgan fingerprint density at radius 2 is 1.50 bits per heavy atom. The molecule has 0 aliphatic heterocycles. The van der Waals surface area contributed by atoms with Crippen LogP contribution in [0.4, 0.5) is 0 Å². The van der Waals surface area contributed by atoms with E-state index in [2.05, 4.69) is 0 Å². The molecule has 0 saturated heterocycles. The molecule has 0 N–H and O–H groups in total. The molecule has 3 heteroatoms. The first kappa shape index (κ1) is 12.5. The molecule has 1 rings (SSSR count). The number of aldehydes is 1. The first-order valence-corrected chi connectivity index (χ1v) is 4.40. The normalized spacial score (nSPS) is 8.21. The van der Waals surface area contributed by atoms with Gasteiger partial charge in [-0.05, 0) is 12.1 Å². The molecule has 0 aromatic heterocycles. The average molecular weight is 196 g/mol. The van der Waals surface area contributed by atoms with Crippen LogP contribution in [0.1, 0.15) is 13.3 Å². The number of hydrogen-bond donors (Lipinski definition) is 0. The quantitative estimate of drug-likeness (QED) is 0.696. The zero-order valence-electron chi connectivity index (χ0n) is 8.82. The van der Waals surface area contributed by atoms with Crippen molar-refractivity contribution in [3.05, 3.63) is 24.3 Å². The van der Waals surface area contributed by atoms with Crippen LogP contribution in [0.15, 0.2) is 24.3 Å². The van der Waals surface area contributed by atoms with E-state index in [1.54, 1.807) is 14.2 Å². The van der Waals surface area contributed by atoms with Crippen LogP contribution in [0, 0.1) is 0 Å². The van der Waals surface area contributed by atoms with Crippen LogP contribution >= 0.6 is 0 Å². The van der Waals surface area contributed by atoms with Crippen molar-refractivity contribution in [1.82, 2.24) is 0 Å². The first-order valence-electron chi connectivity index (χ1n) is 4.40. The Labute approximate surface area is 84.7 Å². The van der Waals surface area contributed by atoms with Gasteiger partial charge in [0.2, 0.25) is 0 Å². The standard InChI is InChI=1S/C8H10O2.C3H6O/c1-9-7-5-3-4-6-8(7)10-2;1-2-3-4/h3-6H,1-2H3;3H,2H2,1H3. The SMILES string of the molecule is CCC=O.COc1ccccc1OC. The minimum Gasteiger partial charge on any atom is -0.493 e. The van der Waals surface area contributed by atoms with E-state index in [0.29, 0.717) is 6.42 Å². The predicted molar refractivity (Wildman–Crippen MR) is 55.9 cm³/mol. The van der Waals surface area contributed by atoms with Gasteiger partial charge in [0.1, 0.15) is 6.29 Å². The van der Waals surface area contributed by atoms with Gasteiger partial charge in [-0.3, -0.25) is 0 Å². The average Bonchev–Trinajstić information content (AvgIpc) is 2.29. The topological polar surface area (TPSA) is 35.5 Å². The fourth-order valence-corrected chi connectivity index (χ4v) is 0.787. The van der Waals surface area contributed by atoms with Gasteiger partial charge in [0.05, 0.1) is 14.2 Å². The summed E-state index contributed by atoms with van der Waals surface area (Å²) >= 11 is 0. The van der Waals surface area contributed by atoms with Gasteiger partial charge in [-0.15, -0.1) is 0 Å². The highest BCUT2D eigenvalue weighted by molar-refractivity contribution is 5.48. The number of benzene rings is 1. The molecule has 0 fully saturated rings. The van der Waals surface area contributed by atoms with Crippen molar-refractivity contribution in [2.75, 3.05) is 14.2 Å². The maximum atomic E-state index is 9.17. The number of hydrogen-bond acceptors (Lipinski definition) is 3. The highest BCUT2D eigenvalue weighted by atomic mass is 16.5. The van der Waals surface area contributed by atoms with Crippen molar-refractivity contribution in [3.8, 4) is 11.5 Å². The molecule has 3 nitrogen and oxygen atoms in total. The molecule has 1 aromatic carbocycles. The van der Waals surface area contributed by atoms with E-state index < -0.39 is 0 Å². The maximum absolute atomic E-state index is 9.17. The molecule has 78 valence electrons. The minimum atomic E-state index is 0.639. The molecule has 0 unspecified atom stereocenters. The van der Waals surface area contributed by atoms with Gasteiger partial charge in [-0.25, -0.2) is 0 Å². The van der Waals surface area contributed by atoms with E-state index in [1.807, 2.05) is 31.2 Å². The molecule has 0 spiro atoms. The monoisotopic (exact) mass is 196 g/mol. The van der Waals surface area contributed by atoms with Crippen molar-refractivity contribution in [3.63, 3.8) is 0 Å². The third-order valence-electron chi connectivity index (χ3n) is 1.46. The van der Waals surface area contributed by atoms with Gasteiger partial charge in [-0.2, -0.15) is 0 Å². The number of rotatable bonds is 3. The molecular formula is C11H16O3. The molecule has 0 atom stereocenters. The van der Waals surface area contributed by atoms with Crippen molar-refractivity contribution in [2.24, 2.45) is 0 Å². The summed E-state index contributed by atoms with van der Waals surface area (Å²) in [5.74, 6) is 1.54. The van der Waals surface area contributed by atoms with E-state index in [-0.39, 0.29) is 0 Å². The van der Waals surface area contributed by atoms with E-state index >= 15 is 0 Å². The molecular weight excluding hydrogens is 180 g/mol. The van der Waals surface area contributed by atoms with E-state index in [4.69, 9.17) is 9.47 Å². The summed E-state index contributed by atoms with van der Waals surface area (Å²) in [6.07, 6.45) is 1.51. The molecule has 0 radical (unpaired) electrons. The lowest BCUT2D eigenvalue weighted by Gasteiger charge is -2.04. The lowest BCUT2D eigenvalue weighted by molar-refractivity contribution is -0.107. The van der Waals surface area contributed by atoms with Crippen molar-refractivity contribution in [2.45, 2.75) is 13.3 Å². The Morgan fingerprint density at radius 1 is 1.14 bits per heavy atom. The number of para-hydroxylation sites is 2. The summed E-state index contributed by atoms with van der Waals surface area (Å²) < 4.78 is 10.0. The van der Waals surface area contributed by atoms with E-state index in [9.17, 15) is 4.79 Å². The third kappa shape index (κ3) is 4.50. The lowest BCUT2D eigenvalue weighted by Crippen LogP contribution is -1.88. The predicted octanol–water partition coefficient (Wildman–Crippen LogP) is 2.30. The van der Waals surface area contributed by atoms with Crippen LogP contribution in [0.25, 0.3) is 0 Å². The van der Waals surface area contributed by atoms with Crippen LogP contribution in [0.5, 0.6) is 11.5 Å². The zero-order valence-corrected chi connectivity index (χ0v) is 8.82. The minimum absolute atomic E-state index is 0.639. The zero-order chi connectivity index (χ0) is 10.8. The molecule has 0 aliphatic rings. The second-order valence-corrected chi connectivity index (χ2v) is 2.43. The number of carbonyl (C=O) groups is 1. The van der Waals surface area contributed by atoms with Crippen LogP contribution in [-0.4, -0.2) is 20.5 Å². The van der Waals surface area contributed by atoms with Gasteiger partial charge in [0, 0.05) is 6.42 Å². The van der Waals surface area contributed by atoms with Crippen LogP contribution in [0.3, 0.4) is 0 Å². The first-order chi connectivity index (χ1) is 6.79.